The molecular formula is C27H31N3O2. The molecule has 5 heteroatoms. The molecule has 1 aromatic heterocycles. The Hall–Kier alpha value is -3.60. The Morgan fingerprint density at radius 1 is 1.06 bits per heavy atom. The molecule has 166 valence electrons. The van der Waals surface area contributed by atoms with Crippen LogP contribution in [0.5, 0.6) is 0 Å². The molecule has 0 saturated carbocycles. The highest BCUT2D eigenvalue weighted by Crippen LogP contribution is 2.23. The lowest BCUT2D eigenvalue weighted by Gasteiger charge is -2.26. The standard InChI is InChI=1S/C27H31N3O2/c1-19(2)16-17-29-18-23(24-8-6-7-9-25(24)29)14-15-26(31)30(20(3)4)28-27(32)22-12-10-21(5)11-13-22/h6-16,18,20H,17H2,1-5H3,(H,28,32)/b15-14+. The largest absolute Gasteiger partial charge is 0.343 e. The number of aryl methyl sites for hydroxylation is 1. The maximum absolute atomic E-state index is 12.9. The first-order chi connectivity index (χ1) is 15.3. The molecule has 0 aliphatic rings. The lowest BCUT2D eigenvalue weighted by molar-refractivity contribution is -0.130. The number of benzene rings is 2. The summed E-state index contributed by atoms with van der Waals surface area (Å²) >= 11 is 0. The summed E-state index contributed by atoms with van der Waals surface area (Å²) in [5, 5.41) is 2.44. The summed E-state index contributed by atoms with van der Waals surface area (Å²) < 4.78 is 2.17. The van der Waals surface area contributed by atoms with Gasteiger partial charge in [0.1, 0.15) is 0 Å². The van der Waals surface area contributed by atoms with Crippen LogP contribution in [-0.2, 0) is 11.3 Å². The van der Waals surface area contributed by atoms with Crippen LogP contribution in [0.3, 0.4) is 0 Å². The van der Waals surface area contributed by atoms with E-state index >= 15 is 0 Å². The Labute approximate surface area is 190 Å². The van der Waals surface area contributed by atoms with Crippen molar-refractivity contribution in [3.05, 3.63) is 89.1 Å². The highest BCUT2D eigenvalue weighted by molar-refractivity contribution is 5.99. The minimum absolute atomic E-state index is 0.194. The van der Waals surface area contributed by atoms with E-state index in [1.165, 1.54) is 16.7 Å². The molecule has 0 aliphatic carbocycles. The Balaban J connectivity index is 1.81. The molecular weight excluding hydrogens is 398 g/mol. The molecule has 1 N–H and O–H groups in total. The predicted molar refractivity (Wildman–Crippen MR) is 131 cm³/mol. The maximum Gasteiger partial charge on any atom is 0.269 e. The van der Waals surface area contributed by atoms with E-state index in [9.17, 15) is 9.59 Å². The molecule has 0 spiro atoms. The van der Waals surface area contributed by atoms with Crippen molar-refractivity contribution in [3.8, 4) is 0 Å². The fourth-order valence-electron chi connectivity index (χ4n) is 3.40. The lowest BCUT2D eigenvalue weighted by Crippen LogP contribution is -2.49. The van der Waals surface area contributed by atoms with Gasteiger partial charge in [-0.05, 0) is 58.9 Å². The van der Waals surface area contributed by atoms with Crippen molar-refractivity contribution >= 4 is 28.8 Å². The van der Waals surface area contributed by atoms with Crippen LogP contribution in [-0.4, -0.2) is 27.4 Å². The summed E-state index contributed by atoms with van der Waals surface area (Å²) in [4.78, 5) is 25.6. The highest BCUT2D eigenvalue weighted by atomic mass is 16.2. The van der Waals surface area contributed by atoms with Gasteiger partial charge in [-0.3, -0.25) is 15.0 Å². The number of nitrogens with one attached hydrogen (secondary N) is 1. The summed E-state index contributed by atoms with van der Waals surface area (Å²) in [7, 11) is 0. The summed E-state index contributed by atoms with van der Waals surface area (Å²) in [5.41, 5.74) is 7.67. The van der Waals surface area contributed by atoms with Crippen molar-refractivity contribution in [2.45, 2.75) is 47.2 Å². The second kappa shape index (κ2) is 10.1. The average Bonchev–Trinajstić information content (AvgIpc) is 3.12. The van der Waals surface area contributed by atoms with Crippen molar-refractivity contribution in [1.82, 2.24) is 15.0 Å². The minimum atomic E-state index is -0.307. The summed E-state index contributed by atoms with van der Waals surface area (Å²) in [6, 6.07) is 15.2. The summed E-state index contributed by atoms with van der Waals surface area (Å²) in [6.07, 6.45) is 7.56. The number of aromatic nitrogens is 1. The molecule has 0 aliphatic heterocycles. The normalized spacial score (nSPS) is 11.2. The van der Waals surface area contributed by atoms with Crippen LogP contribution < -0.4 is 5.43 Å². The lowest BCUT2D eigenvalue weighted by atomic mass is 10.1. The number of hydrogen-bond donors (Lipinski definition) is 1. The number of hydrogen-bond acceptors (Lipinski definition) is 2. The molecule has 0 atom stereocenters. The second-order valence-electron chi connectivity index (χ2n) is 8.48. The van der Waals surface area contributed by atoms with Crippen molar-refractivity contribution in [1.29, 1.82) is 0 Å². The number of fused-ring (bicyclic) bond motifs is 1. The SMILES string of the molecule is CC(C)=CCn1cc(/C=C/C(=O)N(NC(=O)c2ccc(C)cc2)C(C)C)c2ccccc21. The third-order valence-corrected chi connectivity index (χ3v) is 5.21. The first-order valence-electron chi connectivity index (χ1n) is 10.9. The van der Waals surface area contributed by atoms with Crippen LogP contribution >= 0.6 is 0 Å². The van der Waals surface area contributed by atoms with Crippen molar-refractivity contribution < 1.29 is 9.59 Å². The van der Waals surface area contributed by atoms with E-state index in [2.05, 4.69) is 48.2 Å². The number of nitrogens with zero attached hydrogens (tertiary/aromatic N) is 2. The van der Waals surface area contributed by atoms with Gasteiger partial charge in [-0.25, -0.2) is 5.01 Å². The number of allylic oxidation sites excluding steroid dienone is 2. The molecule has 3 rings (SSSR count). The first-order valence-corrected chi connectivity index (χ1v) is 10.9. The maximum atomic E-state index is 12.9. The first kappa shape index (κ1) is 23.1. The molecule has 2 amide bonds. The van der Waals surface area contributed by atoms with E-state index in [0.29, 0.717) is 5.56 Å². The fraction of sp³-hybridized carbons (Fsp3) is 0.259. The van der Waals surface area contributed by atoms with E-state index in [1.54, 1.807) is 12.1 Å². The summed E-state index contributed by atoms with van der Waals surface area (Å²) in [5.74, 6) is -0.583. The van der Waals surface area contributed by atoms with E-state index in [1.807, 2.05) is 51.1 Å². The number of carbonyl (C=O) groups is 2. The van der Waals surface area contributed by atoms with Gasteiger partial charge in [0.05, 0.1) is 0 Å². The molecule has 0 bridgehead atoms. The third kappa shape index (κ3) is 5.55. The number of amides is 2. The third-order valence-electron chi connectivity index (χ3n) is 5.21. The molecule has 0 fully saturated rings. The van der Waals surface area contributed by atoms with Crippen molar-refractivity contribution in [2.75, 3.05) is 0 Å². The minimum Gasteiger partial charge on any atom is -0.343 e. The van der Waals surface area contributed by atoms with Gasteiger partial charge in [-0.1, -0.05) is 47.5 Å². The molecule has 32 heavy (non-hydrogen) atoms. The van der Waals surface area contributed by atoms with Gasteiger partial charge in [0, 0.05) is 46.9 Å². The predicted octanol–water partition coefficient (Wildman–Crippen LogP) is 5.51. The van der Waals surface area contributed by atoms with Gasteiger partial charge in [0.2, 0.25) is 0 Å². The fourth-order valence-corrected chi connectivity index (χ4v) is 3.40. The van der Waals surface area contributed by atoms with Crippen LogP contribution in [0.15, 0.2) is 72.5 Å². The Morgan fingerprint density at radius 3 is 2.41 bits per heavy atom. The van der Waals surface area contributed by atoms with Crippen molar-refractivity contribution in [3.63, 3.8) is 0 Å². The van der Waals surface area contributed by atoms with E-state index < -0.39 is 0 Å². The zero-order valence-corrected chi connectivity index (χ0v) is 19.4. The number of hydrazine groups is 1. The van der Waals surface area contributed by atoms with Gasteiger partial charge in [-0.2, -0.15) is 0 Å². The van der Waals surface area contributed by atoms with Gasteiger partial charge in [-0.15, -0.1) is 0 Å². The molecule has 3 aromatic rings. The molecule has 2 aromatic carbocycles. The van der Waals surface area contributed by atoms with Crippen LogP contribution in [0.2, 0.25) is 0 Å². The average molecular weight is 430 g/mol. The van der Waals surface area contributed by atoms with Crippen LogP contribution in [0.4, 0.5) is 0 Å². The monoisotopic (exact) mass is 429 g/mol. The zero-order valence-electron chi connectivity index (χ0n) is 19.4. The van der Waals surface area contributed by atoms with Crippen LogP contribution in [0.1, 0.15) is 49.2 Å². The quantitative estimate of drug-likeness (QED) is 0.319. The smallest absolute Gasteiger partial charge is 0.269 e. The molecule has 5 nitrogen and oxygen atoms in total. The molecule has 0 radical (unpaired) electrons. The van der Waals surface area contributed by atoms with Crippen LogP contribution in [0, 0.1) is 6.92 Å². The van der Waals surface area contributed by atoms with Gasteiger partial charge >= 0.3 is 0 Å². The van der Waals surface area contributed by atoms with Gasteiger partial charge in [0.25, 0.3) is 11.8 Å². The van der Waals surface area contributed by atoms with E-state index in [4.69, 9.17) is 0 Å². The molecule has 1 heterocycles. The van der Waals surface area contributed by atoms with Gasteiger partial charge in [0.15, 0.2) is 0 Å². The van der Waals surface area contributed by atoms with E-state index in [0.717, 1.165) is 28.6 Å². The van der Waals surface area contributed by atoms with E-state index in [-0.39, 0.29) is 17.9 Å². The topological polar surface area (TPSA) is 54.3 Å². The summed E-state index contributed by atoms with van der Waals surface area (Å²) in [6.45, 7) is 10.6. The number of carbonyl (C=O) groups excluding carboxylic acids is 2. The van der Waals surface area contributed by atoms with Crippen LogP contribution in [0.25, 0.3) is 17.0 Å². The zero-order chi connectivity index (χ0) is 23.3. The Morgan fingerprint density at radius 2 is 1.75 bits per heavy atom. The highest BCUT2D eigenvalue weighted by Gasteiger charge is 2.18. The number of rotatable bonds is 6. The number of para-hydroxylation sites is 1. The van der Waals surface area contributed by atoms with Crippen molar-refractivity contribution in [2.24, 2.45) is 0 Å². The Kier molecular flexibility index (Phi) is 7.31. The van der Waals surface area contributed by atoms with Gasteiger partial charge < -0.3 is 4.57 Å². The second-order valence-corrected chi connectivity index (χ2v) is 8.48. The Bertz CT molecular complexity index is 1160. The molecule has 0 unspecified atom stereocenters. The molecule has 0 saturated heterocycles.